The van der Waals surface area contributed by atoms with Crippen molar-refractivity contribution < 1.29 is 4.92 Å². The van der Waals surface area contributed by atoms with E-state index in [1.165, 1.54) is 39.9 Å². The third-order valence-corrected chi connectivity index (χ3v) is 4.18. The lowest BCUT2D eigenvalue weighted by atomic mass is 10.4. The van der Waals surface area contributed by atoms with E-state index in [0.717, 1.165) is 4.90 Å². The molecule has 0 fully saturated rings. The number of nitro groups is 1. The smallest absolute Gasteiger partial charge is 0.258 e. The molecule has 2 rings (SSSR count). The highest BCUT2D eigenvalue weighted by molar-refractivity contribution is 8.76. The summed E-state index contributed by atoms with van der Waals surface area (Å²) in [6.45, 7) is 0. The van der Waals surface area contributed by atoms with Crippen LogP contribution >= 0.6 is 21.6 Å². The molecule has 0 bridgehead atoms. The molecule has 0 saturated carbocycles. The lowest BCUT2D eigenvalue weighted by molar-refractivity contribution is -0.385. The number of rotatable bonds is 4. The molecule has 0 radical (unpaired) electrons. The van der Waals surface area contributed by atoms with Crippen molar-refractivity contribution in [3.63, 3.8) is 0 Å². The molecule has 0 aliphatic rings. The number of benzene rings is 1. The highest BCUT2D eigenvalue weighted by Crippen LogP contribution is 2.36. The summed E-state index contributed by atoms with van der Waals surface area (Å²) in [7, 11) is 2.93. The largest absolute Gasteiger partial charge is 0.273 e. The van der Waals surface area contributed by atoms with E-state index in [-0.39, 0.29) is 5.69 Å². The summed E-state index contributed by atoms with van der Waals surface area (Å²) in [5.41, 5.74) is 0.0659. The lowest BCUT2D eigenvalue weighted by Crippen LogP contribution is -1.88. The van der Waals surface area contributed by atoms with Crippen molar-refractivity contribution in [2.75, 3.05) is 0 Å². The standard InChI is InChI=1S/C11H8N2O2S2/c14-13(15)9-6-7-12-11(8-9)17-16-10-4-2-1-3-5-10/h1-8H. The molecule has 0 N–H and O–H groups in total. The van der Waals surface area contributed by atoms with Crippen LogP contribution in [0.25, 0.3) is 0 Å². The quantitative estimate of drug-likeness (QED) is 0.477. The average molecular weight is 264 g/mol. The fourth-order valence-electron chi connectivity index (χ4n) is 1.12. The van der Waals surface area contributed by atoms with Crippen LogP contribution < -0.4 is 0 Å². The van der Waals surface area contributed by atoms with Crippen LogP contribution in [0.2, 0.25) is 0 Å². The van der Waals surface area contributed by atoms with Crippen LogP contribution in [-0.2, 0) is 0 Å². The van der Waals surface area contributed by atoms with Crippen LogP contribution in [0.15, 0.2) is 58.6 Å². The van der Waals surface area contributed by atoms with Gasteiger partial charge in [-0.2, -0.15) is 0 Å². The van der Waals surface area contributed by atoms with Crippen molar-refractivity contribution in [2.24, 2.45) is 0 Å². The third-order valence-electron chi connectivity index (χ3n) is 1.90. The second-order valence-electron chi connectivity index (χ2n) is 3.09. The van der Waals surface area contributed by atoms with Crippen molar-refractivity contribution in [1.29, 1.82) is 0 Å². The van der Waals surface area contributed by atoms with Crippen LogP contribution in [0.5, 0.6) is 0 Å². The van der Waals surface area contributed by atoms with Gasteiger partial charge in [-0.25, -0.2) is 4.98 Å². The van der Waals surface area contributed by atoms with Gasteiger partial charge in [-0.05, 0) is 22.9 Å². The van der Waals surface area contributed by atoms with Crippen molar-refractivity contribution >= 4 is 27.3 Å². The van der Waals surface area contributed by atoms with Crippen LogP contribution in [0, 0.1) is 10.1 Å². The van der Waals surface area contributed by atoms with Gasteiger partial charge in [-0.15, -0.1) is 0 Å². The van der Waals surface area contributed by atoms with Crippen LogP contribution in [0.4, 0.5) is 5.69 Å². The van der Waals surface area contributed by atoms with E-state index in [1.807, 2.05) is 30.3 Å². The van der Waals surface area contributed by atoms with Crippen LogP contribution in [0.1, 0.15) is 0 Å². The van der Waals surface area contributed by atoms with E-state index in [2.05, 4.69) is 4.98 Å². The second kappa shape index (κ2) is 5.70. The Hall–Kier alpha value is -1.53. The van der Waals surface area contributed by atoms with Gasteiger partial charge in [0.05, 0.1) is 4.92 Å². The molecule has 0 aliphatic carbocycles. The Morgan fingerprint density at radius 1 is 1.12 bits per heavy atom. The van der Waals surface area contributed by atoms with E-state index in [1.54, 1.807) is 0 Å². The van der Waals surface area contributed by atoms with Crippen LogP contribution in [-0.4, -0.2) is 9.91 Å². The number of pyridine rings is 1. The summed E-state index contributed by atoms with van der Waals surface area (Å²) in [5, 5.41) is 11.2. The first-order valence-electron chi connectivity index (χ1n) is 4.76. The predicted octanol–water partition coefficient (Wildman–Crippen LogP) is 3.79. The van der Waals surface area contributed by atoms with Gasteiger partial charge in [0.2, 0.25) is 0 Å². The summed E-state index contributed by atoms with van der Waals surface area (Å²) in [6, 6.07) is 12.7. The molecule has 0 spiro atoms. The summed E-state index contributed by atoms with van der Waals surface area (Å²) < 4.78 is 0. The molecule has 0 atom stereocenters. The molecule has 0 aliphatic heterocycles. The van der Waals surface area contributed by atoms with Gasteiger partial charge in [-0.1, -0.05) is 29.0 Å². The second-order valence-corrected chi connectivity index (χ2v) is 5.31. The van der Waals surface area contributed by atoms with Crippen molar-refractivity contribution in [2.45, 2.75) is 9.92 Å². The fourth-order valence-corrected chi connectivity index (χ4v) is 3.00. The Morgan fingerprint density at radius 3 is 2.59 bits per heavy atom. The normalized spacial score (nSPS) is 10.1. The number of hydrogen-bond donors (Lipinski definition) is 0. The summed E-state index contributed by atoms with van der Waals surface area (Å²) in [4.78, 5) is 15.3. The molecule has 6 heteroatoms. The maximum atomic E-state index is 10.6. The molecule has 4 nitrogen and oxygen atoms in total. The predicted molar refractivity (Wildman–Crippen MR) is 69.0 cm³/mol. The first kappa shape index (κ1) is 11.9. The van der Waals surface area contributed by atoms with E-state index in [4.69, 9.17) is 0 Å². The fraction of sp³-hybridized carbons (Fsp3) is 0. The summed E-state index contributed by atoms with van der Waals surface area (Å²) in [6.07, 6.45) is 1.45. The minimum absolute atomic E-state index is 0.0659. The third kappa shape index (κ3) is 3.47. The van der Waals surface area contributed by atoms with Crippen LogP contribution in [0.3, 0.4) is 0 Å². The number of nitrogens with zero attached hydrogens (tertiary/aromatic N) is 2. The zero-order valence-corrected chi connectivity index (χ0v) is 10.3. The zero-order valence-electron chi connectivity index (χ0n) is 8.65. The van der Waals surface area contributed by atoms with Gasteiger partial charge in [0, 0.05) is 23.2 Å². The van der Waals surface area contributed by atoms with Crippen molar-refractivity contribution in [1.82, 2.24) is 4.98 Å². The zero-order chi connectivity index (χ0) is 12.1. The Balaban J connectivity index is 2.04. The molecule has 17 heavy (non-hydrogen) atoms. The Kier molecular flexibility index (Phi) is 4.00. The van der Waals surface area contributed by atoms with E-state index < -0.39 is 4.92 Å². The highest BCUT2D eigenvalue weighted by atomic mass is 33.1. The molecule has 0 unspecified atom stereocenters. The summed E-state index contributed by atoms with van der Waals surface area (Å²) in [5.74, 6) is 0. The molecule has 2 aromatic rings. The van der Waals surface area contributed by atoms with E-state index >= 15 is 0 Å². The van der Waals surface area contributed by atoms with Crippen molar-refractivity contribution in [3.05, 3.63) is 58.8 Å². The molecule has 1 aromatic carbocycles. The molecule has 0 amide bonds. The maximum absolute atomic E-state index is 10.6. The van der Waals surface area contributed by atoms with Gasteiger partial charge >= 0.3 is 0 Å². The van der Waals surface area contributed by atoms with E-state index in [9.17, 15) is 10.1 Å². The molecular formula is C11H8N2O2S2. The van der Waals surface area contributed by atoms with E-state index in [0.29, 0.717) is 5.03 Å². The maximum Gasteiger partial charge on any atom is 0.273 e. The van der Waals surface area contributed by atoms with Gasteiger partial charge < -0.3 is 0 Å². The molecular weight excluding hydrogens is 256 g/mol. The number of aromatic nitrogens is 1. The first-order chi connectivity index (χ1) is 8.25. The van der Waals surface area contributed by atoms with Gasteiger partial charge in [-0.3, -0.25) is 10.1 Å². The first-order valence-corrected chi connectivity index (χ1v) is 6.91. The molecule has 86 valence electrons. The minimum atomic E-state index is -0.418. The topological polar surface area (TPSA) is 56.0 Å². The van der Waals surface area contributed by atoms with Gasteiger partial charge in [0.25, 0.3) is 5.69 Å². The number of hydrogen-bond acceptors (Lipinski definition) is 5. The minimum Gasteiger partial charge on any atom is -0.258 e. The Labute approximate surface area is 106 Å². The summed E-state index contributed by atoms with van der Waals surface area (Å²) >= 11 is 0. The Bertz CT molecular complexity index is 520. The monoisotopic (exact) mass is 264 g/mol. The Morgan fingerprint density at radius 2 is 1.88 bits per heavy atom. The molecule has 1 aromatic heterocycles. The van der Waals surface area contributed by atoms with Gasteiger partial charge in [0.15, 0.2) is 0 Å². The van der Waals surface area contributed by atoms with Crippen molar-refractivity contribution in [3.8, 4) is 0 Å². The molecule has 0 saturated heterocycles. The van der Waals surface area contributed by atoms with Gasteiger partial charge in [0.1, 0.15) is 5.03 Å². The molecule has 1 heterocycles. The highest BCUT2D eigenvalue weighted by Gasteiger charge is 2.07. The SMILES string of the molecule is O=[N+]([O-])c1ccnc(SSc2ccccc2)c1. The lowest BCUT2D eigenvalue weighted by Gasteiger charge is -1.99. The average Bonchev–Trinajstić information content (AvgIpc) is 2.38.